The van der Waals surface area contributed by atoms with Crippen molar-refractivity contribution in [2.45, 2.75) is 6.92 Å². The number of para-hydroxylation sites is 1. The van der Waals surface area contributed by atoms with Crippen molar-refractivity contribution >= 4 is 44.0 Å². The van der Waals surface area contributed by atoms with E-state index >= 15 is 0 Å². The molecule has 0 spiro atoms. The highest BCUT2D eigenvalue weighted by atomic mass is 32.1. The molecule has 5 rings (SSSR count). The second-order valence-electron chi connectivity index (χ2n) is 6.68. The van der Waals surface area contributed by atoms with Gasteiger partial charge in [-0.25, -0.2) is 9.97 Å². The van der Waals surface area contributed by atoms with Crippen LogP contribution >= 0.6 is 11.3 Å². The third-order valence-electron chi connectivity index (χ3n) is 4.83. The van der Waals surface area contributed by atoms with Crippen LogP contribution in [0.2, 0.25) is 0 Å². The molecule has 5 nitrogen and oxygen atoms in total. The Hall–Kier alpha value is -3.51. The van der Waals surface area contributed by atoms with Crippen molar-refractivity contribution in [2.24, 2.45) is 0 Å². The number of thiophene rings is 1. The van der Waals surface area contributed by atoms with Crippen molar-refractivity contribution in [1.29, 1.82) is 0 Å². The molecular formula is C23H18N4OS. The number of aryl methyl sites for hydroxylation is 1. The van der Waals surface area contributed by atoms with E-state index in [2.05, 4.69) is 44.9 Å². The number of methoxy groups -OCH3 is 1. The summed E-state index contributed by atoms with van der Waals surface area (Å²) in [6.45, 7) is 1.92. The van der Waals surface area contributed by atoms with E-state index in [0.29, 0.717) is 0 Å². The minimum atomic E-state index is 0.733. The molecule has 0 aliphatic heterocycles. The van der Waals surface area contributed by atoms with E-state index in [1.54, 1.807) is 18.4 Å². The number of nitrogens with zero attached hydrogens (tertiary/aromatic N) is 3. The molecule has 2 aromatic carbocycles. The molecule has 0 saturated carbocycles. The maximum Gasteiger partial charge on any atom is 0.143 e. The Kier molecular flexibility index (Phi) is 4.33. The lowest BCUT2D eigenvalue weighted by Gasteiger charge is -2.11. The summed E-state index contributed by atoms with van der Waals surface area (Å²) in [7, 11) is 1.67. The monoisotopic (exact) mass is 398 g/mol. The van der Waals surface area contributed by atoms with Gasteiger partial charge in [-0.2, -0.15) is 0 Å². The Morgan fingerprint density at radius 1 is 0.966 bits per heavy atom. The van der Waals surface area contributed by atoms with Crippen LogP contribution in [0.5, 0.6) is 5.75 Å². The molecule has 0 atom stereocenters. The molecule has 5 aromatic rings. The van der Waals surface area contributed by atoms with Crippen molar-refractivity contribution in [3.8, 4) is 16.9 Å². The summed E-state index contributed by atoms with van der Waals surface area (Å²) in [5.74, 6) is 2.36. The molecule has 0 radical (unpaired) electrons. The molecule has 0 unspecified atom stereocenters. The maximum atomic E-state index is 5.29. The molecule has 0 aliphatic carbocycles. The average molecular weight is 398 g/mol. The topological polar surface area (TPSA) is 59.9 Å². The number of rotatable bonds is 4. The molecule has 0 aliphatic rings. The summed E-state index contributed by atoms with van der Waals surface area (Å²) >= 11 is 1.62. The van der Waals surface area contributed by atoms with Gasteiger partial charge < -0.3 is 10.1 Å². The fourth-order valence-corrected chi connectivity index (χ4v) is 4.45. The zero-order valence-electron chi connectivity index (χ0n) is 16.0. The van der Waals surface area contributed by atoms with Gasteiger partial charge in [0.2, 0.25) is 0 Å². The molecule has 142 valence electrons. The largest absolute Gasteiger partial charge is 0.497 e. The standard InChI is InChI=1S/C23H18N4OS/c1-14-25-22(27-19-7-3-5-16-6-4-12-24-21(16)19)20-18(13-29-23(20)26-14)15-8-10-17(28-2)11-9-15/h3-13H,1-2H3,(H,25,26,27). The van der Waals surface area contributed by atoms with Crippen molar-refractivity contribution in [3.05, 3.63) is 72.0 Å². The van der Waals surface area contributed by atoms with Crippen LogP contribution < -0.4 is 10.1 Å². The number of anilines is 2. The summed E-state index contributed by atoms with van der Waals surface area (Å²) in [4.78, 5) is 14.9. The zero-order chi connectivity index (χ0) is 19.8. The van der Waals surface area contributed by atoms with Gasteiger partial charge in [-0.3, -0.25) is 4.98 Å². The molecule has 0 bridgehead atoms. The lowest BCUT2D eigenvalue weighted by molar-refractivity contribution is 0.415. The van der Waals surface area contributed by atoms with Gasteiger partial charge >= 0.3 is 0 Å². The quantitative estimate of drug-likeness (QED) is 0.404. The average Bonchev–Trinajstić information content (AvgIpc) is 3.18. The first-order valence-electron chi connectivity index (χ1n) is 9.24. The third-order valence-corrected chi connectivity index (χ3v) is 5.70. The zero-order valence-corrected chi connectivity index (χ0v) is 16.8. The van der Waals surface area contributed by atoms with Crippen LogP contribution in [0.15, 0.2) is 66.2 Å². The van der Waals surface area contributed by atoms with Crippen LogP contribution in [0, 0.1) is 6.92 Å². The van der Waals surface area contributed by atoms with Gasteiger partial charge in [0, 0.05) is 22.5 Å². The molecule has 3 heterocycles. The molecule has 0 amide bonds. The number of aromatic nitrogens is 3. The SMILES string of the molecule is COc1ccc(-c2csc3nc(C)nc(Nc4cccc5cccnc45)c23)cc1. The van der Waals surface area contributed by atoms with Gasteiger partial charge in [0.1, 0.15) is 22.2 Å². The minimum absolute atomic E-state index is 0.733. The molecule has 6 heteroatoms. The first-order valence-corrected chi connectivity index (χ1v) is 10.1. The Bertz CT molecular complexity index is 1320. The molecule has 0 saturated heterocycles. The number of pyridine rings is 1. The Balaban J connectivity index is 1.67. The van der Waals surface area contributed by atoms with E-state index in [1.165, 1.54) is 0 Å². The van der Waals surface area contributed by atoms with Crippen LogP contribution in [-0.4, -0.2) is 22.1 Å². The summed E-state index contributed by atoms with van der Waals surface area (Å²) in [6, 6.07) is 18.2. The summed E-state index contributed by atoms with van der Waals surface area (Å²) < 4.78 is 5.29. The van der Waals surface area contributed by atoms with Crippen LogP contribution in [-0.2, 0) is 0 Å². The van der Waals surface area contributed by atoms with E-state index in [9.17, 15) is 0 Å². The Labute approximate surface area is 172 Å². The third kappa shape index (κ3) is 3.17. The lowest BCUT2D eigenvalue weighted by atomic mass is 10.1. The fraction of sp³-hybridized carbons (Fsp3) is 0.0870. The van der Waals surface area contributed by atoms with Crippen molar-refractivity contribution in [1.82, 2.24) is 15.0 Å². The maximum absolute atomic E-state index is 5.29. The molecular weight excluding hydrogens is 380 g/mol. The van der Waals surface area contributed by atoms with Crippen LogP contribution in [0.25, 0.3) is 32.2 Å². The molecule has 3 aromatic heterocycles. The highest BCUT2D eigenvalue weighted by Crippen LogP contribution is 2.39. The summed E-state index contributed by atoms with van der Waals surface area (Å²) in [5, 5.41) is 7.75. The van der Waals surface area contributed by atoms with Gasteiger partial charge in [-0.15, -0.1) is 11.3 Å². The second-order valence-corrected chi connectivity index (χ2v) is 7.54. The number of nitrogens with one attached hydrogen (secondary N) is 1. The predicted molar refractivity (Wildman–Crippen MR) is 119 cm³/mol. The normalized spacial score (nSPS) is 11.1. The van der Waals surface area contributed by atoms with E-state index < -0.39 is 0 Å². The number of hydrogen-bond acceptors (Lipinski definition) is 6. The van der Waals surface area contributed by atoms with Crippen molar-refractivity contribution in [2.75, 3.05) is 12.4 Å². The second kappa shape index (κ2) is 7.14. The highest BCUT2D eigenvalue weighted by Gasteiger charge is 2.15. The van der Waals surface area contributed by atoms with E-state index in [0.717, 1.165) is 55.3 Å². The summed E-state index contributed by atoms with van der Waals surface area (Å²) in [5.41, 5.74) is 4.04. The summed E-state index contributed by atoms with van der Waals surface area (Å²) in [6.07, 6.45) is 1.81. The minimum Gasteiger partial charge on any atom is -0.497 e. The Morgan fingerprint density at radius 2 is 1.79 bits per heavy atom. The lowest BCUT2D eigenvalue weighted by Crippen LogP contribution is -1.99. The van der Waals surface area contributed by atoms with E-state index in [-0.39, 0.29) is 0 Å². The van der Waals surface area contributed by atoms with Gasteiger partial charge in [-0.05, 0) is 36.8 Å². The van der Waals surface area contributed by atoms with Crippen LogP contribution in [0.3, 0.4) is 0 Å². The first kappa shape index (κ1) is 17.6. The number of fused-ring (bicyclic) bond motifs is 2. The molecule has 0 fully saturated rings. The molecule has 1 N–H and O–H groups in total. The van der Waals surface area contributed by atoms with Crippen LogP contribution in [0.4, 0.5) is 11.5 Å². The van der Waals surface area contributed by atoms with Crippen molar-refractivity contribution in [3.63, 3.8) is 0 Å². The number of ether oxygens (including phenoxy) is 1. The van der Waals surface area contributed by atoms with Crippen LogP contribution in [0.1, 0.15) is 5.82 Å². The van der Waals surface area contributed by atoms with Gasteiger partial charge in [0.25, 0.3) is 0 Å². The van der Waals surface area contributed by atoms with E-state index in [4.69, 9.17) is 9.72 Å². The number of benzene rings is 2. The smallest absolute Gasteiger partial charge is 0.143 e. The predicted octanol–water partition coefficient (Wildman–Crippen LogP) is 5.97. The highest BCUT2D eigenvalue weighted by molar-refractivity contribution is 7.17. The molecule has 29 heavy (non-hydrogen) atoms. The fourth-order valence-electron chi connectivity index (χ4n) is 3.45. The van der Waals surface area contributed by atoms with Gasteiger partial charge in [-0.1, -0.05) is 30.3 Å². The Morgan fingerprint density at radius 3 is 2.62 bits per heavy atom. The number of hydrogen-bond donors (Lipinski definition) is 1. The van der Waals surface area contributed by atoms with Gasteiger partial charge in [0.15, 0.2) is 0 Å². The first-order chi connectivity index (χ1) is 14.2. The van der Waals surface area contributed by atoms with E-state index in [1.807, 2.05) is 43.5 Å². The van der Waals surface area contributed by atoms with Crippen molar-refractivity contribution < 1.29 is 4.74 Å². The van der Waals surface area contributed by atoms with Gasteiger partial charge in [0.05, 0.1) is 23.7 Å².